The number of anilines is 1. The first-order valence-corrected chi connectivity index (χ1v) is 12.3. The van der Waals surface area contributed by atoms with Crippen LogP contribution in [0, 0.1) is 0 Å². The molecule has 0 spiro atoms. The van der Waals surface area contributed by atoms with Crippen molar-refractivity contribution in [1.82, 2.24) is 14.9 Å². The maximum absolute atomic E-state index is 12.4. The lowest BCUT2D eigenvalue weighted by molar-refractivity contribution is -0.151. The third kappa shape index (κ3) is 5.28. The Hall–Kier alpha value is -3.56. The number of rotatable bonds is 8. The van der Waals surface area contributed by atoms with E-state index in [1.54, 1.807) is 19.2 Å². The quantitative estimate of drug-likeness (QED) is 0.320. The fourth-order valence-corrected chi connectivity index (χ4v) is 5.06. The number of amides is 1. The molecular weight excluding hydrogens is 519 g/mol. The number of aromatic nitrogens is 2. The average molecular weight is 545 g/mol. The molecule has 1 aliphatic rings. The molecule has 1 amide bonds. The van der Waals surface area contributed by atoms with Crippen molar-refractivity contribution in [3.8, 4) is 22.6 Å². The maximum Gasteiger partial charge on any atom is 0.328 e. The van der Waals surface area contributed by atoms with Gasteiger partial charge in [-0.15, -0.1) is 0 Å². The van der Waals surface area contributed by atoms with Crippen LogP contribution in [0.1, 0.15) is 13.3 Å². The highest BCUT2D eigenvalue weighted by Crippen LogP contribution is 2.46. The number of likely N-dealkylation sites (tertiary alicyclic amines) is 1. The van der Waals surface area contributed by atoms with Gasteiger partial charge in [-0.3, -0.25) is 4.79 Å². The second-order valence-electron chi connectivity index (χ2n) is 8.29. The third-order valence-corrected chi connectivity index (χ3v) is 6.84. The number of methoxy groups -OCH3 is 2. The van der Waals surface area contributed by atoms with Crippen LogP contribution >= 0.6 is 23.2 Å². The van der Waals surface area contributed by atoms with E-state index >= 15 is 0 Å². The van der Waals surface area contributed by atoms with Crippen molar-refractivity contribution < 1.29 is 23.8 Å². The van der Waals surface area contributed by atoms with Crippen LogP contribution < -0.4 is 14.8 Å². The zero-order valence-corrected chi connectivity index (χ0v) is 22.1. The van der Waals surface area contributed by atoms with Crippen LogP contribution in [0.25, 0.3) is 22.0 Å². The lowest BCUT2D eigenvalue weighted by Crippen LogP contribution is -2.40. The van der Waals surface area contributed by atoms with Gasteiger partial charge in [0, 0.05) is 42.2 Å². The molecule has 0 aliphatic carbocycles. The Morgan fingerprint density at radius 2 is 1.89 bits per heavy atom. The molecule has 0 bridgehead atoms. The van der Waals surface area contributed by atoms with Gasteiger partial charge >= 0.3 is 5.97 Å². The summed E-state index contributed by atoms with van der Waals surface area (Å²) in [6, 6.07) is 6.26. The first-order valence-electron chi connectivity index (χ1n) is 11.5. The molecule has 194 valence electrons. The summed E-state index contributed by atoms with van der Waals surface area (Å²) in [4.78, 5) is 35.2. The minimum Gasteiger partial charge on any atom is -0.495 e. The van der Waals surface area contributed by atoms with Gasteiger partial charge in [-0.1, -0.05) is 35.8 Å². The van der Waals surface area contributed by atoms with Crippen LogP contribution in [-0.4, -0.2) is 66.2 Å². The molecule has 1 aromatic heterocycles. The summed E-state index contributed by atoms with van der Waals surface area (Å²) in [5.74, 6) is 0.479. The number of ether oxygens (including phenoxy) is 3. The van der Waals surface area contributed by atoms with Crippen molar-refractivity contribution >= 4 is 51.9 Å². The topological polar surface area (TPSA) is 103 Å². The highest BCUT2D eigenvalue weighted by molar-refractivity contribution is 6.41. The number of hydrogen-bond acceptors (Lipinski definition) is 8. The van der Waals surface area contributed by atoms with Gasteiger partial charge in [0.15, 0.2) is 0 Å². The zero-order valence-electron chi connectivity index (χ0n) is 20.6. The lowest BCUT2D eigenvalue weighted by atomic mass is 10.0. The Bertz CT molecular complexity index is 1340. The van der Waals surface area contributed by atoms with E-state index in [9.17, 15) is 9.59 Å². The normalized spacial score (nSPS) is 16.9. The second kappa shape index (κ2) is 11.2. The molecule has 9 nitrogen and oxygen atoms in total. The van der Waals surface area contributed by atoms with E-state index in [1.165, 1.54) is 25.2 Å². The van der Waals surface area contributed by atoms with Gasteiger partial charge in [0.1, 0.15) is 17.5 Å². The molecule has 1 fully saturated rings. The molecule has 0 radical (unpaired) electrons. The molecule has 4 rings (SSSR count). The molecule has 37 heavy (non-hydrogen) atoms. The van der Waals surface area contributed by atoms with Gasteiger partial charge in [-0.25, -0.2) is 14.8 Å². The number of nitrogens with zero attached hydrogens (tertiary/aromatic N) is 3. The SMILES string of the molecule is C=CC(=O)N1CC(Nc2ncc3cc(-c4c(Cl)c(OC)cc(OC)c4Cl)ccc3n2)CC1C(=O)OCC. The van der Waals surface area contributed by atoms with Gasteiger partial charge < -0.3 is 24.4 Å². The number of nitrogens with one attached hydrogen (secondary N) is 1. The first kappa shape index (κ1) is 26.5. The third-order valence-electron chi connectivity index (χ3n) is 6.09. The Morgan fingerprint density at radius 1 is 1.19 bits per heavy atom. The fourth-order valence-electron chi connectivity index (χ4n) is 4.34. The number of hydrogen-bond donors (Lipinski definition) is 1. The zero-order chi connectivity index (χ0) is 26.7. The predicted octanol–water partition coefficient (Wildman–Crippen LogP) is 4.75. The molecule has 0 saturated carbocycles. The minimum absolute atomic E-state index is 0.234. The minimum atomic E-state index is -0.694. The van der Waals surface area contributed by atoms with Crippen LogP contribution in [0.5, 0.6) is 11.5 Å². The smallest absolute Gasteiger partial charge is 0.328 e. The molecule has 1 saturated heterocycles. The maximum atomic E-state index is 12.4. The highest BCUT2D eigenvalue weighted by atomic mass is 35.5. The second-order valence-corrected chi connectivity index (χ2v) is 9.05. The number of fused-ring (bicyclic) bond motifs is 1. The molecule has 2 atom stereocenters. The Morgan fingerprint density at radius 3 is 2.51 bits per heavy atom. The van der Waals surface area contributed by atoms with Crippen molar-refractivity contribution in [3.63, 3.8) is 0 Å². The fraction of sp³-hybridized carbons (Fsp3) is 0.308. The summed E-state index contributed by atoms with van der Waals surface area (Å²) >= 11 is 13.1. The van der Waals surface area contributed by atoms with E-state index in [0.29, 0.717) is 51.5 Å². The summed E-state index contributed by atoms with van der Waals surface area (Å²) in [7, 11) is 3.04. The van der Waals surface area contributed by atoms with Crippen LogP contribution in [-0.2, 0) is 14.3 Å². The van der Waals surface area contributed by atoms with E-state index in [2.05, 4.69) is 21.9 Å². The molecule has 1 N–H and O–H groups in total. The number of esters is 1. The molecular formula is C26H26Cl2N4O5. The highest BCUT2D eigenvalue weighted by Gasteiger charge is 2.40. The number of carbonyl (C=O) groups excluding carboxylic acids is 2. The van der Waals surface area contributed by atoms with Gasteiger partial charge in [0.2, 0.25) is 11.9 Å². The summed E-state index contributed by atoms with van der Waals surface area (Å²) in [5.41, 5.74) is 2.00. The molecule has 11 heteroatoms. The standard InChI is InChI=1S/C26H26Cl2N4O5/c1-5-21(33)32-13-16(10-18(32)25(34)37-6-2)30-26-29-12-15-9-14(7-8-17(15)31-26)22-23(27)19(35-3)11-20(36-4)24(22)28/h5,7-9,11-12,16,18H,1,6,10,13H2,2-4H3,(H,29,30,31). The van der Waals surface area contributed by atoms with Crippen LogP contribution in [0.3, 0.4) is 0 Å². The van der Waals surface area contributed by atoms with Crippen LogP contribution in [0.15, 0.2) is 43.1 Å². The van der Waals surface area contributed by atoms with Gasteiger partial charge in [0.25, 0.3) is 0 Å². The Balaban J connectivity index is 1.60. The largest absolute Gasteiger partial charge is 0.495 e. The Labute approximate surface area is 224 Å². The van der Waals surface area contributed by atoms with E-state index in [-0.39, 0.29) is 18.6 Å². The van der Waals surface area contributed by atoms with Crippen LogP contribution in [0.4, 0.5) is 5.95 Å². The van der Waals surface area contributed by atoms with E-state index in [0.717, 1.165) is 10.9 Å². The predicted molar refractivity (Wildman–Crippen MR) is 142 cm³/mol. The van der Waals surface area contributed by atoms with E-state index in [1.807, 2.05) is 18.2 Å². The molecule has 2 unspecified atom stereocenters. The summed E-state index contributed by atoms with van der Waals surface area (Å²) in [6.07, 6.45) is 3.24. The average Bonchev–Trinajstić information content (AvgIpc) is 3.32. The molecule has 2 heterocycles. The first-order chi connectivity index (χ1) is 17.8. The van der Waals surface area contributed by atoms with Crippen molar-refractivity contribution in [2.75, 3.05) is 32.7 Å². The summed E-state index contributed by atoms with van der Waals surface area (Å²) in [6.45, 7) is 5.78. The molecule has 1 aliphatic heterocycles. The summed E-state index contributed by atoms with van der Waals surface area (Å²) in [5, 5.41) is 4.72. The number of benzene rings is 2. The van der Waals surface area contributed by atoms with Crippen molar-refractivity contribution in [2.24, 2.45) is 0 Å². The lowest BCUT2D eigenvalue weighted by Gasteiger charge is -2.21. The van der Waals surface area contributed by atoms with E-state index in [4.69, 9.17) is 37.4 Å². The number of halogens is 2. The number of carbonyl (C=O) groups is 2. The molecule has 2 aromatic carbocycles. The van der Waals surface area contributed by atoms with Crippen molar-refractivity contribution in [1.29, 1.82) is 0 Å². The van der Waals surface area contributed by atoms with Crippen molar-refractivity contribution in [2.45, 2.75) is 25.4 Å². The monoisotopic (exact) mass is 544 g/mol. The van der Waals surface area contributed by atoms with E-state index < -0.39 is 12.0 Å². The summed E-state index contributed by atoms with van der Waals surface area (Å²) < 4.78 is 15.9. The van der Waals surface area contributed by atoms with Gasteiger partial charge in [-0.05, 0) is 30.7 Å². The van der Waals surface area contributed by atoms with Crippen molar-refractivity contribution in [3.05, 3.63) is 53.2 Å². The Kier molecular flexibility index (Phi) is 8.04. The molecule has 3 aromatic rings. The van der Waals surface area contributed by atoms with Gasteiger partial charge in [0.05, 0.1) is 36.4 Å². The van der Waals surface area contributed by atoms with Crippen LogP contribution in [0.2, 0.25) is 10.0 Å². The van der Waals surface area contributed by atoms with Gasteiger partial charge in [-0.2, -0.15) is 0 Å².